The minimum atomic E-state index is -0.172. The molecule has 2 aromatic rings. The van der Waals surface area contributed by atoms with E-state index in [2.05, 4.69) is 32.0 Å². The highest BCUT2D eigenvalue weighted by atomic mass is 16.5. The van der Waals surface area contributed by atoms with Gasteiger partial charge in [-0.3, -0.25) is 0 Å². The summed E-state index contributed by atoms with van der Waals surface area (Å²) in [5, 5.41) is 0. The average molecular weight is 271 g/mol. The standard InChI is InChI=1S/C17H21NO2/c1-11-5-6-12(2)14(9-11)17(18)13-7-8-15(19-3)16(10-13)20-4/h5-10,17H,18H2,1-4H3. The molecule has 3 nitrogen and oxygen atoms in total. The maximum atomic E-state index is 6.40. The Hall–Kier alpha value is -2.00. The Morgan fingerprint density at radius 3 is 2.25 bits per heavy atom. The lowest BCUT2D eigenvalue weighted by molar-refractivity contribution is 0.354. The van der Waals surface area contributed by atoms with Crippen molar-refractivity contribution in [2.75, 3.05) is 14.2 Å². The minimum Gasteiger partial charge on any atom is -0.493 e. The number of hydrogen-bond donors (Lipinski definition) is 1. The van der Waals surface area contributed by atoms with Crippen LogP contribution in [0.3, 0.4) is 0 Å². The molecule has 0 saturated heterocycles. The summed E-state index contributed by atoms with van der Waals surface area (Å²) in [6.45, 7) is 4.15. The van der Waals surface area contributed by atoms with Gasteiger partial charge in [0.05, 0.1) is 20.3 Å². The second kappa shape index (κ2) is 5.97. The molecule has 0 amide bonds. The number of nitrogens with two attached hydrogens (primary N) is 1. The van der Waals surface area contributed by atoms with Gasteiger partial charge in [-0.1, -0.05) is 29.8 Å². The van der Waals surface area contributed by atoms with Gasteiger partial charge in [-0.25, -0.2) is 0 Å². The van der Waals surface area contributed by atoms with Crippen molar-refractivity contribution in [1.82, 2.24) is 0 Å². The molecule has 1 unspecified atom stereocenters. The molecule has 106 valence electrons. The third-order valence-corrected chi connectivity index (χ3v) is 3.54. The third-order valence-electron chi connectivity index (χ3n) is 3.54. The Kier molecular flexibility index (Phi) is 4.30. The Bertz CT molecular complexity index is 608. The molecule has 0 saturated carbocycles. The van der Waals surface area contributed by atoms with Gasteiger partial charge in [0.25, 0.3) is 0 Å². The molecule has 0 spiro atoms. The lowest BCUT2D eigenvalue weighted by Crippen LogP contribution is -2.13. The van der Waals surface area contributed by atoms with Crippen molar-refractivity contribution in [3.05, 3.63) is 58.7 Å². The first-order valence-electron chi connectivity index (χ1n) is 6.61. The largest absolute Gasteiger partial charge is 0.493 e. The summed E-state index contributed by atoms with van der Waals surface area (Å²) in [6, 6.07) is 12.0. The zero-order chi connectivity index (χ0) is 14.7. The third kappa shape index (κ3) is 2.78. The van der Waals surface area contributed by atoms with Crippen LogP contribution in [0.2, 0.25) is 0 Å². The van der Waals surface area contributed by atoms with Gasteiger partial charge in [-0.2, -0.15) is 0 Å². The molecule has 2 rings (SSSR count). The summed E-state index contributed by atoms with van der Waals surface area (Å²) < 4.78 is 10.6. The van der Waals surface area contributed by atoms with Crippen LogP contribution in [-0.4, -0.2) is 14.2 Å². The van der Waals surface area contributed by atoms with Crippen molar-refractivity contribution < 1.29 is 9.47 Å². The van der Waals surface area contributed by atoms with Crippen LogP contribution in [0, 0.1) is 13.8 Å². The van der Waals surface area contributed by atoms with E-state index in [1.54, 1.807) is 14.2 Å². The van der Waals surface area contributed by atoms with Crippen LogP contribution in [0.5, 0.6) is 11.5 Å². The molecule has 0 heterocycles. The Balaban J connectivity index is 2.42. The van der Waals surface area contributed by atoms with Crippen LogP contribution in [0.25, 0.3) is 0 Å². The SMILES string of the molecule is COc1ccc(C(N)c2cc(C)ccc2C)cc1OC. The summed E-state index contributed by atoms with van der Waals surface area (Å²) in [7, 11) is 3.26. The number of benzene rings is 2. The van der Waals surface area contributed by atoms with Crippen LogP contribution in [0.4, 0.5) is 0 Å². The van der Waals surface area contributed by atoms with Gasteiger partial charge in [0, 0.05) is 0 Å². The van der Waals surface area contributed by atoms with E-state index in [4.69, 9.17) is 15.2 Å². The van der Waals surface area contributed by atoms with E-state index in [0.29, 0.717) is 11.5 Å². The van der Waals surface area contributed by atoms with Crippen LogP contribution < -0.4 is 15.2 Å². The minimum absolute atomic E-state index is 0.172. The van der Waals surface area contributed by atoms with Gasteiger partial charge in [-0.15, -0.1) is 0 Å². The van der Waals surface area contributed by atoms with Crippen molar-refractivity contribution in [2.45, 2.75) is 19.9 Å². The van der Waals surface area contributed by atoms with E-state index in [0.717, 1.165) is 11.1 Å². The van der Waals surface area contributed by atoms with Crippen molar-refractivity contribution in [1.29, 1.82) is 0 Å². The fraction of sp³-hybridized carbons (Fsp3) is 0.294. The normalized spacial score (nSPS) is 12.1. The van der Waals surface area contributed by atoms with E-state index in [1.807, 2.05) is 18.2 Å². The number of rotatable bonds is 4. The zero-order valence-electron chi connectivity index (χ0n) is 12.4. The summed E-state index contributed by atoms with van der Waals surface area (Å²) in [5.74, 6) is 1.41. The predicted octanol–water partition coefficient (Wildman–Crippen LogP) is 3.37. The molecule has 0 fully saturated rings. The lowest BCUT2D eigenvalue weighted by Gasteiger charge is -2.18. The van der Waals surface area contributed by atoms with E-state index in [9.17, 15) is 0 Å². The van der Waals surface area contributed by atoms with Crippen molar-refractivity contribution in [2.24, 2.45) is 5.73 Å². The Labute approximate surface area is 120 Å². The second-order valence-corrected chi connectivity index (χ2v) is 4.95. The van der Waals surface area contributed by atoms with Crippen LogP contribution in [0.15, 0.2) is 36.4 Å². The number of methoxy groups -OCH3 is 2. The fourth-order valence-electron chi connectivity index (χ4n) is 2.32. The maximum absolute atomic E-state index is 6.40. The first-order valence-corrected chi connectivity index (χ1v) is 6.61. The summed E-state index contributed by atoms with van der Waals surface area (Å²) in [4.78, 5) is 0. The van der Waals surface area contributed by atoms with Gasteiger partial charge >= 0.3 is 0 Å². The van der Waals surface area contributed by atoms with E-state index < -0.39 is 0 Å². The average Bonchev–Trinajstić information content (AvgIpc) is 2.48. The van der Waals surface area contributed by atoms with E-state index in [-0.39, 0.29) is 6.04 Å². The molecule has 0 aliphatic rings. The zero-order valence-corrected chi connectivity index (χ0v) is 12.4. The highest BCUT2D eigenvalue weighted by Crippen LogP contribution is 2.32. The molecule has 2 aromatic carbocycles. The molecule has 3 heteroatoms. The monoisotopic (exact) mass is 271 g/mol. The van der Waals surface area contributed by atoms with Crippen LogP contribution in [0.1, 0.15) is 28.3 Å². The Morgan fingerprint density at radius 1 is 0.900 bits per heavy atom. The van der Waals surface area contributed by atoms with Crippen molar-refractivity contribution in [3.8, 4) is 11.5 Å². The number of hydrogen-bond acceptors (Lipinski definition) is 3. The number of ether oxygens (including phenoxy) is 2. The van der Waals surface area contributed by atoms with Crippen molar-refractivity contribution in [3.63, 3.8) is 0 Å². The molecule has 1 atom stereocenters. The molecule has 0 aliphatic heterocycles. The summed E-state index contributed by atoms with van der Waals surface area (Å²) in [5.41, 5.74) is 11.0. The van der Waals surface area contributed by atoms with Gasteiger partial charge in [0.1, 0.15) is 0 Å². The molecule has 0 bridgehead atoms. The molecule has 0 aromatic heterocycles. The lowest BCUT2D eigenvalue weighted by atomic mass is 9.94. The van der Waals surface area contributed by atoms with E-state index >= 15 is 0 Å². The molecular weight excluding hydrogens is 250 g/mol. The molecule has 2 N–H and O–H groups in total. The predicted molar refractivity (Wildman–Crippen MR) is 81.5 cm³/mol. The molecule has 0 aliphatic carbocycles. The quantitative estimate of drug-likeness (QED) is 0.927. The summed E-state index contributed by atoms with van der Waals surface area (Å²) >= 11 is 0. The molecule has 20 heavy (non-hydrogen) atoms. The smallest absolute Gasteiger partial charge is 0.161 e. The first-order chi connectivity index (χ1) is 9.56. The maximum Gasteiger partial charge on any atom is 0.161 e. The highest BCUT2D eigenvalue weighted by molar-refractivity contribution is 5.47. The first kappa shape index (κ1) is 14.4. The Morgan fingerprint density at radius 2 is 1.60 bits per heavy atom. The molecule has 0 radical (unpaired) electrons. The van der Waals surface area contributed by atoms with E-state index in [1.165, 1.54) is 11.1 Å². The van der Waals surface area contributed by atoms with Gasteiger partial charge in [-0.05, 0) is 42.7 Å². The van der Waals surface area contributed by atoms with Crippen molar-refractivity contribution >= 4 is 0 Å². The topological polar surface area (TPSA) is 44.5 Å². The van der Waals surface area contributed by atoms with Crippen LogP contribution >= 0.6 is 0 Å². The summed E-state index contributed by atoms with van der Waals surface area (Å²) in [6.07, 6.45) is 0. The number of aryl methyl sites for hydroxylation is 2. The van der Waals surface area contributed by atoms with Gasteiger partial charge < -0.3 is 15.2 Å². The van der Waals surface area contributed by atoms with Crippen LogP contribution in [-0.2, 0) is 0 Å². The highest BCUT2D eigenvalue weighted by Gasteiger charge is 2.14. The van der Waals surface area contributed by atoms with Gasteiger partial charge in [0.15, 0.2) is 11.5 Å². The molecular formula is C17H21NO2. The van der Waals surface area contributed by atoms with Gasteiger partial charge in [0.2, 0.25) is 0 Å². The second-order valence-electron chi connectivity index (χ2n) is 4.95. The fourth-order valence-corrected chi connectivity index (χ4v) is 2.32.